The highest BCUT2D eigenvalue weighted by Gasteiger charge is 2.11. The van der Waals surface area contributed by atoms with Crippen molar-refractivity contribution in [1.29, 1.82) is 0 Å². The Bertz CT molecular complexity index is 867. The fourth-order valence-corrected chi connectivity index (χ4v) is 2.92. The molecular weight excluding hydrogens is 359 g/mol. The molecule has 0 spiro atoms. The van der Waals surface area contributed by atoms with E-state index in [-0.39, 0.29) is 29.6 Å². The van der Waals surface area contributed by atoms with E-state index in [4.69, 9.17) is 9.88 Å². The number of hydrogen-bond acceptors (Lipinski definition) is 4. The molecule has 0 radical (unpaired) electrons. The van der Waals surface area contributed by atoms with Crippen LogP contribution in [0.25, 0.3) is 0 Å². The van der Waals surface area contributed by atoms with E-state index in [2.05, 4.69) is 5.32 Å². The molecule has 8 heteroatoms. The number of benzene rings is 2. The lowest BCUT2D eigenvalue weighted by molar-refractivity contribution is -0.120. The summed E-state index contributed by atoms with van der Waals surface area (Å²) in [6.45, 7) is 2.40. The zero-order chi connectivity index (χ0) is 19.2. The van der Waals surface area contributed by atoms with Crippen molar-refractivity contribution in [3.8, 4) is 5.75 Å². The van der Waals surface area contributed by atoms with Crippen LogP contribution in [0.2, 0.25) is 0 Å². The van der Waals surface area contributed by atoms with Crippen molar-refractivity contribution in [2.45, 2.75) is 24.7 Å². The van der Waals surface area contributed by atoms with E-state index < -0.39 is 10.0 Å². The molecule has 2 rings (SSSR count). The van der Waals surface area contributed by atoms with Crippen molar-refractivity contribution >= 4 is 15.9 Å². The predicted molar refractivity (Wildman–Crippen MR) is 95.8 cm³/mol. The second kappa shape index (κ2) is 8.77. The van der Waals surface area contributed by atoms with Crippen LogP contribution in [-0.4, -0.2) is 27.5 Å². The standard InChI is InChI=1S/C18H21FN2O4S/c1-2-14-12-16(26(20,23)24)7-8-17(14)25-10-9-21-18(22)11-13-3-5-15(19)6-4-13/h3-8,12H,2,9-11H2,1H3,(H,21,22)(H2,20,23,24). The third kappa shape index (κ3) is 5.82. The molecule has 0 saturated heterocycles. The van der Waals surface area contributed by atoms with Crippen LogP contribution in [0, 0.1) is 5.82 Å². The number of sulfonamides is 1. The number of carbonyl (C=O) groups excluding carboxylic acids is 1. The molecule has 26 heavy (non-hydrogen) atoms. The molecule has 3 N–H and O–H groups in total. The first-order chi connectivity index (χ1) is 12.3. The summed E-state index contributed by atoms with van der Waals surface area (Å²) >= 11 is 0. The smallest absolute Gasteiger partial charge is 0.238 e. The van der Waals surface area contributed by atoms with Crippen molar-refractivity contribution in [2.24, 2.45) is 5.14 Å². The minimum atomic E-state index is -3.76. The van der Waals surface area contributed by atoms with Crippen LogP contribution < -0.4 is 15.2 Å². The zero-order valence-corrected chi connectivity index (χ0v) is 15.2. The van der Waals surface area contributed by atoms with Gasteiger partial charge < -0.3 is 10.1 Å². The summed E-state index contributed by atoms with van der Waals surface area (Å²) in [6, 6.07) is 10.2. The maximum Gasteiger partial charge on any atom is 0.238 e. The van der Waals surface area contributed by atoms with Crippen molar-refractivity contribution in [3.63, 3.8) is 0 Å². The molecular formula is C18H21FN2O4S. The summed E-state index contributed by atoms with van der Waals surface area (Å²) in [7, 11) is -3.76. The van der Waals surface area contributed by atoms with Gasteiger partial charge in [0.05, 0.1) is 17.9 Å². The van der Waals surface area contributed by atoms with E-state index in [0.717, 1.165) is 5.56 Å². The van der Waals surface area contributed by atoms with Gasteiger partial charge in [-0.05, 0) is 47.9 Å². The second-order valence-electron chi connectivity index (χ2n) is 5.67. The van der Waals surface area contributed by atoms with Crippen molar-refractivity contribution in [3.05, 3.63) is 59.4 Å². The van der Waals surface area contributed by atoms with Gasteiger partial charge in [0.15, 0.2) is 0 Å². The van der Waals surface area contributed by atoms with Crippen LogP contribution in [0.5, 0.6) is 5.75 Å². The lowest BCUT2D eigenvalue weighted by Gasteiger charge is -2.12. The maximum absolute atomic E-state index is 12.8. The third-order valence-electron chi connectivity index (χ3n) is 3.70. The van der Waals surface area contributed by atoms with E-state index in [1.165, 1.54) is 24.3 Å². The topological polar surface area (TPSA) is 98.5 Å². The molecule has 0 saturated carbocycles. The fraction of sp³-hybridized carbons (Fsp3) is 0.278. The molecule has 0 aliphatic rings. The first-order valence-electron chi connectivity index (χ1n) is 8.09. The lowest BCUT2D eigenvalue weighted by atomic mass is 10.1. The Labute approximate surface area is 152 Å². The molecule has 0 aromatic heterocycles. The van der Waals surface area contributed by atoms with Gasteiger partial charge in [0.2, 0.25) is 15.9 Å². The number of nitrogens with one attached hydrogen (secondary N) is 1. The first-order valence-corrected chi connectivity index (χ1v) is 9.64. The lowest BCUT2D eigenvalue weighted by Crippen LogP contribution is -2.29. The van der Waals surface area contributed by atoms with Crippen LogP contribution in [-0.2, 0) is 27.7 Å². The van der Waals surface area contributed by atoms with Crippen LogP contribution in [0.3, 0.4) is 0 Å². The van der Waals surface area contributed by atoms with Gasteiger partial charge in [-0.2, -0.15) is 0 Å². The predicted octanol–water partition coefficient (Wildman–Crippen LogP) is 1.77. The largest absolute Gasteiger partial charge is 0.491 e. The summed E-state index contributed by atoms with van der Waals surface area (Å²) < 4.78 is 41.2. The van der Waals surface area contributed by atoms with Gasteiger partial charge >= 0.3 is 0 Å². The molecule has 0 aliphatic heterocycles. The Hall–Kier alpha value is -2.45. The van der Waals surface area contributed by atoms with E-state index in [0.29, 0.717) is 24.3 Å². The number of ether oxygens (including phenoxy) is 1. The molecule has 140 valence electrons. The van der Waals surface area contributed by atoms with Crippen molar-refractivity contribution < 1.29 is 22.3 Å². The average Bonchev–Trinajstić information content (AvgIpc) is 2.60. The average molecular weight is 380 g/mol. The molecule has 2 aromatic rings. The van der Waals surface area contributed by atoms with Gasteiger partial charge in [-0.3, -0.25) is 4.79 Å². The Kier molecular flexibility index (Phi) is 6.70. The molecule has 0 aliphatic carbocycles. The van der Waals surface area contributed by atoms with Gasteiger partial charge in [0.25, 0.3) is 0 Å². The quantitative estimate of drug-likeness (QED) is 0.682. The Morgan fingerprint density at radius 1 is 1.19 bits per heavy atom. The highest BCUT2D eigenvalue weighted by Crippen LogP contribution is 2.22. The summed E-state index contributed by atoms with van der Waals surface area (Å²) in [5, 5.41) is 7.84. The molecule has 0 heterocycles. The molecule has 0 unspecified atom stereocenters. The number of aryl methyl sites for hydroxylation is 1. The minimum absolute atomic E-state index is 0.0364. The van der Waals surface area contributed by atoms with Gasteiger partial charge in [0, 0.05) is 0 Å². The number of hydrogen-bond donors (Lipinski definition) is 2. The van der Waals surface area contributed by atoms with E-state index in [9.17, 15) is 17.6 Å². The number of halogens is 1. The molecule has 0 bridgehead atoms. The number of primary sulfonamides is 1. The first kappa shape index (κ1) is 19.9. The van der Waals surface area contributed by atoms with Crippen molar-refractivity contribution in [1.82, 2.24) is 5.32 Å². The third-order valence-corrected chi connectivity index (χ3v) is 4.61. The number of rotatable bonds is 8. The highest BCUT2D eigenvalue weighted by atomic mass is 32.2. The number of nitrogens with two attached hydrogens (primary N) is 1. The number of amides is 1. The molecule has 1 amide bonds. The Morgan fingerprint density at radius 3 is 2.50 bits per heavy atom. The van der Waals surface area contributed by atoms with Gasteiger partial charge in [-0.1, -0.05) is 19.1 Å². The summed E-state index contributed by atoms with van der Waals surface area (Å²) in [6.07, 6.45) is 0.735. The monoisotopic (exact) mass is 380 g/mol. The summed E-state index contributed by atoms with van der Waals surface area (Å²) in [5.41, 5.74) is 1.44. The Morgan fingerprint density at radius 2 is 1.88 bits per heavy atom. The fourth-order valence-electron chi connectivity index (χ4n) is 2.35. The van der Waals surface area contributed by atoms with Gasteiger partial charge in [-0.15, -0.1) is 0 Å². The maximum atomic E-state index is 12.8. The highest BCUT2D eigenvalue weighted by molar-refractivity contribution is 7.89. The number of carbonyl (C=O) groups is 1. The van der Waals surface area contributed by atoms with Crippen LogP contribution in [0.15, 0.2) is 47.4 Å². The van der Waals surface area contributed by atoms with Gasteiger partial charge in [-0.25, -0.2) is 17.9 Å². The van der Waals surface area contributed by atoms with E-state index in [1.807, 2.05) is 6.92 Å². The van der Waals surface area contributed by atoms with Crippen LogP contribution in [0.4, 0.5) is 4.39 Å². The van der Waals surface area contributed by atoms with Gasteiger partial charge in [0.1, 0.15) is 18.2 Å². The summed E-state index contributed by atoms with van der Waals surface area (Å²) in [5.74, 6) is 0.0101. The molecule has 6 nitrogen and oxygen atoms in total. The molecule has 0 fully saturated rings. The second-order valence-corrected chi connectivity index (χ2v) is 7.23. The summed E-state index contributed by atoms with van der Waals surface area (Å²) in [4.78, 5) is 11.9. The molecule has 0 atom stereocenters. The van der Waals surface area contributed by atoms with Crippen LogP contribution >= 0.6 is 0 Å². The van der Waals surface area contributed by atoms with Crippen molar-refractivity contribution in [2.75, 3.05) is 13.2 Å². The Balaban J connectivity index is 1.84. The van der Waals surface area contributed by atoms with E-state index >= 15 is 0 Å². The van der Waals surface area contributed by atoms with Crippen LogP contribution in [0.1, 0.15) is 18.1 Å². The SMILES string of the molecule is CCc1cc(S(N)(=O)=O)ccc1OCCNC(=O)Cc1ccc(F)cc1. The minimum Gasteiger partial charge on any atom is -0.491 e. The molecule has 2 aromatic carbocycles. The normalized spacial score (nSPS) is 11.2. The zero-order valence-electron chi connectivity index (χ0n) is 14.4. The van der Waals surface area contributed by atoms with E-state index in [1.54, 1.807) is 18.2 Å².